The van der Waals surface area contributed by atoms with Crippen LogP contribution in [-0.2, 0) is 9.53 Å². The molecule has 0 aromatic heterocycles. The van der Waals surface area contributed by atoms with Crippen molar-refractivity contribution in [1.29, 1.82) is 0 Å². The van der Waals surface area contributed by atoms with Gasteiger partial charge in [0.05, 0.1) is 13.2 Å². The minimum absolute atomic E-state index is 0.0150. The largest absolute Gasteiger partial charge is 0.508 e. The van der Waals surface area contributed by atoms with Gasteiger partial charge < -0.3 is 24.8 Å². The fourth-order valence-corrected chi connectivity index (χ4v) is 2.76. The van der Waals surface area contributed by atoms with Gasteiger partial charge in [-0.25, -0.2) is 9.18 Å². The highest BCUT2D eigenvalue weighted by Gasteiger charge is 2.41. The Morgan fingerprint density at radius 1 is 1.33 bits per heavy atom. The molecule has 0 aliphatic carbocycles. The number of carbonyl (C=O) groups is 2. The highest BCUT2D eigenvalue weighted by molar-refractivity contribution is 5.82. The Morgan fingerprint density at radius 2 is 1.96 bits per heavy atom. The maximum absolute atomic E-state index is 14.5. The van der Waals surface area contributed by atoms with Crippen molar-refractivity contribution in [2.24, 2.45) is 5.92 Å². The van der Waals surface area contributed by atoms with Gasteiger partial charge in [-0.05, 0) is 45.9 Å². The summed E-state index contributed by atoms with van der Waals surface area (Å²) in [5.41, 5.74) is -0.193. The van der Waals surface area contributed by atoms with E-state index in [1.165, 1.54) is 18.1 Å². The van der Waals surface area contributed by atoms with Crippen LogP contribution in [-0.4, -0.2) is 54.0 Å². The Labute approximate surface area is 158 Å². The van der Waals surface area contributed by atoms with E-state index < -0.39 is 35.7 Å². The summed E-state index contributed by atoms with van der Waals surface area (Å²) < 4.78 is 24.8. The second kappa shape index (κ2) is 8.02. The molecule has 1 aromatic carbocycles. The minimum Gasteiger partial charge on any atom is -0.508 e. The van der Waals surface area contributed by atoms with Crippen molar-refractivity contribution in [3.05, 3.63) is 23.8 Å². The van der Waals surface area contributed by atoms with E-state index in [0.717, 1.165) is 0 Å². The lowest BCUT2D eigenvalue weighted by Crippen LogP contribution is -2.57. The highest BCUT2D eigenvalue weighted by Crippen LogP contribution is 2.29. The van der Waals surface area contributed by atoms with E-state index in [1.807, 2.05) is 0 Å². The van der Waals surface area contributed by atoms with Crippen LogP contribution < -0.4 is 10.1 Å². The van der Waals surface area contributed by atoms with Crippen molar-refractivity contribution in [3.63, 3.8) is 0 Å². The van der Waals surface area contributed by atoms with E-state index in [9.17, 15) is 19.1 Å². The van der Waals surface area contributed by atoms with Crippen LogP contribution in [0, 0.1) is 5.92 Å². The molecule has 0 radical (unpaired) electrons. The number of nitrogens with one attached hydrogen (secondary N) is 1. The number of hydrogen-bond donors (Lipinski definition) is 2. The lowest BCUT2D eigenvalue weighted by atomic mass is 9.94. The molecule has 2 atom stereocenters. The van der Waals surface area contributed by atoms with Crippen LogP contribution in [0.15, 0.2) is 18.2 Å². The highest BCUT2D eigenvalue weighted by atomic mass is 19.1. The molecule has 2 amide bonds. The number of hydrogen-bond acceptors (Lipinski definition) is 5. The molecule has 2 rings (SSSR count). The monoisotopic (exact) mass is 382 g/mol. The lowest BCUT2D eigenvalue weighted by molar-refractivity contribution is -0.131. The van der Waals surface area contributed by atoms with E-state index in [0.29, 0.717) is 11.3 Å². The van der Waals surface area contributed by atoms with Gasteiger partial charge in [0.15, 0.2) is 6.17 Å². The van der Waals surface area contributed by atoms with Crippen molar-refractivity contribution in [2.45, 2.75) is 45.5 Å². The van der Waals surface area contributed by atoms with Gasteiger partial charge in [-0.3, -0.25) is 4.79 Å². The fraction of sp³-hybridized carbons (Fsp3) is 0.579. The molecule has 8 heteroatoms. The average molecular weight is 382 g/mol. The van der Waals surface area contributed by atoms with Crippen LogP contribution in [0.5, 0.6) is 11.5 Å². The van der Waals surface area contributed by atoms with Crippen molar-refractivity contribution in [1.82, 2.24) is 10.2 Å². The molecular formula is C19H27FN2O5. The second-order valence-electron chi connectivity index (χ2n) is 7.70. The number of rotatable bonds is 5. The van der Waals surface area contributed by atoms with Crippen molar-refractivity contribution < 1.29 is 28.6 Å². The number of nitrogens with zero attached hydrogens (tertiary/aromatic N) is 1. The summed E-state index contributed by atoms with van der Waals surface area (Å²) >= 11 is 0. The standard InChI is InChI=1S/C19H27FN2O5/c1-11(14-8-13(26-5)6-7-15(14)23)21-17(24)16(20)12-9-22(10-12)18(25)27-19(2,3)4/h6-8,11-12,16,23H,9-10H2,1-5H3,(H,21,24)/t11-,16+/m1/s1. The summed E-state index contributed by atoms with van der Waals surface area (Å²) in [4.78, 5) is 25.4. The Hall–Kier alpha value is -2.51. The van der Waals surface area contributed by atoms with Crippen LogP contribution in [0.2, 0.25) is 0 Å². The van der Waals surface area contributed by atoms with E-state index >= 15 is 0 Å². The van der Waals surface area contributed by atoms with E-state index in [-0.39, 0.29) is 18.8 Å². The first-order valence-corrected chi connectivity index (χ1v) is 8.81. The number of likely N-dealkylation sites (tertiary alicyclic amines) is 1. The van der Waals surface area contributed by atoms with Crippen molar-refractivity contribution in [2.75, 3.05) is 20.2 Å². The molecule has 27 heavy (non-hydrogen) atoms. The molecule has 1 fully saturated rings. The Morgan fingerprint density at radius 3 is 2.52 bits per heavy atom. The maximum atomic E-state index is 14.5. The molecule has 1 aromatic rings. The summed E-state index contributed by atoms with van der Waals surface area (Å²) in [5.74, 6) is -0.853. The zero-order chi connectivity index (χ0) is 20.4. The predicted molar refractivity (Wildman–Crippen MR) is 97.4 cm³/mol. The number of alkyl halides is 1. The Bertz CT molecular complexity index is 698. The summed E-state index contributed by atoms with van der Waals surface area (Å²) in [6.07, 6.45) is -2.26. The normalized spacial score (nSPS) is 16.9. The Kier molecular flexibility index (Phi) is 6.18. The van der Waals surface area contributed by atoms with Gasteiger partial charge in [-0.15, -0.1) is 0 Å². The molecule has 1 aliphatic rings. The molecule has 0 bridgehead atoms. The van der Waals surface area contributed by atoms with Gasteiger partial charge in [0.1, 0.15) is 17.1 Å². The quantitative estimate of drug-likeness (QED) is 0.818. The SMILES string of the molecule is COc1ccc(O)c([C@@H](C)NC(=O)[C@@H](F)C2CN(C(=O)OC(C)(C)C)C2)c1. The number of methoxy groups -OCH3 is 1. The number of ether oxygens (including phenoxy) is 2. The van der Waals surface area contributed by atoms with Crippen molar-refractivity contribution >= 4 is 12.0 Å². The van der Waals surface area contributed by atoms with E-state index in [4.69, 9.17) is 9.47 Å². The molecule has 2 N–H and O–H groups in total. The third kappa shape index (κ3) is 5.24. The zero-order valence-corrected chi connectivity index (χ0v) is 16.3. The van der Waals surface area contributed by atoms with Gasteiger partial charge in [0.2, 0.25) is 0 Å². The molecule has 7 nitrogen and oxygen atoms in total. The summed E-state index contributed by atoms with van der Waals surface area (Å²) in [6, 6.07) is 4.02. The Balaban J connectivity index is 1.89. The summed E-state index contributed by atoms with van der Waals surface area (Å²) in [6.45, 7) is 7.16. The predicted octanol–water partition coefficient (Wildman–Crippen LogP) is 2.78. The van der Waals surface area contributed by atoms with Gasteiger partial charge in [-0.1, -0.05) is 0 Å². The minimum atomic E-state index is -1.75. The maximum Gasteiger partial charge on any atom is 0.410 e. The number of carbonyl (C=O) groups excluding carboxylic acids is 2. The number of benzene rings is 1. The van der Waals surface area contributed by atoms with Crippen LogP contribution in [0.25, 0.3) is 0 Å². The van der Waals surface area contributed by atoms with Crippen LogP contribution in [0.4, 0.5) is 9.18 Å². The zero-order valence-electron chi connectivity index (χ0n) is 16.3. The number of amides is 2. The van der Waals surface area contributed by atoms with Crippen LogP contribution in [0.1, 0.15) is 39.3 Å². The fourth-order valence-electron chi connectivity index (χ4n) is 2.76. The molecule has 0 unspecified atom stereocenters. The molecule has 1 saturated heterocycles. The number of aromatic hydroxyl groups is 1. The number of phenolic OH excluding ortho intramolecular Hbond substituents is 1. The first-order chi connectivity index (χ1) is 12.5. The number of phenols is 1. The van der Waals surface area contributed by atoms with Gasteiger partial charge >= 0.3 is 6.09 Å². The van der Waals surface area contributed by atoms with Gasteiger partial charge in [0.25, 0.3) is 5.91 Å². The first-order valence-electron chi connectivity index (χ1n) is 8.81. The van der Waals surface area contributed by atoms with E-state index in [2.05, 4.69) is 5.32 Å². The number of halogens is 1. The smallest absolute Gasteiger partial charge is 0.410 e. The van der Waals surface area contributed by atoms with Crippen molar-refractivity contribution in [3.8, 4) is 11.5 Å². The second-order valence-corrected chi connectivity index (χ2v) is 7.70. The lowest BCUT2D eigenvalue weighted by Gasteiger charge is -2.40. The van der Waals surface area contributed by atoms with Crippen LogP contribution >= 0.6 is 0 Å². The molecule has 1 aliphatic heterocycles. The third-order valence-electron chi connectivity index (χ3n) is 4.29. The summed E-state index contributed by atoms with van der Waals surface area (Å²) in [5, 5.41) is 12.5. The molecule has 0 saturated carbocycles. The third-order valence-corrected chi connectivity index (χ3v) is 4.29. The molecular weight excluding hydrogens is 355 g/mol. The van der Waals surface area contributed by atoms with Gasteiger partial charge in [0, 0.05) is 24.6 Å². The summed E-state index contributed by atoms with van der Waals surface area (Å²) in [7, 11) is 1.49. The first kappa shape index (κ1) is 20.8. The van der Waals surface area contributed by atoms with Crippen LogP contribution in [0.3, 0.4) is 0 Å². The van der Waals surface area contributed by atoms with E-state index in [1.54, 1.807) is 39.8 Å². The average Bonchev–Trinajstić information content (AvgIpc) is 2.51. The topological polar surface area (TPSA) is 88.1 Å². The van der Waals surface area contributed by atoms with Gasteiger partial charge in [-0.2, -0.15) is 0 Å². The molecule has 150 valence electrons. The molecule has 1 heterocycles. The molecule has 0 spiro atoms.